The zero-order valence-corrected chi connectivity index (χ0v) is 12.2. The molecule has 0 aliphatic carbocycles. The number of hydrogen-bond acceptors (Lipinski definition) is 0. The molecule has 3 aromatic rings. The fourth-order valence-corrected chi connectivity index (χ4v) is 3.04. The van der Waals surface area contributed by atoms with E-state index in [1.165, 1.54) is 12.1 Å². The van der Waals surface area contributed by atoms with Crippen molar-refractivity contribution in [2.45, 2.75) is 12.3 Å². The van der Waals surface area contributed by atoms with E-state index in [0.29, 0.717) is 5.56 Å². The molecule has 1 atom stereocenters. The molecule has 0 saturated carbocycles. The molecular weight excluding hydrogens is 290 g/mol. The van der Waals surface area contributed by atoms with Gasteiger partial charge in [-0.2, -0.15) is 0 Å². The van der Waals surface area contributed by atoms with Crippen LogP contribution in [-0.2, 0) is 0 Å². The molecule has 3 rings (SSSR count). The van der Waals surface area contributed by atoms with Crippen LogP contribution in [0.3, 0.4) is 0 Å². The Balaban J connectivity index is 2.21. The third kappa shape index (κ3) is 2.64. The van der Waals surface area contributed by atoms with E-state index in [1.54, 1.807) is 0 Å². The van der Waals surface area contributed by atoms with E-state index in [2.05, 4.69) is 0 Å². The van der Waals surface area contributed by atoms with E-state index >= 15 is 0 Å². The number of halogens is 3. The predicted octanol–water partition coefficient (Wildman–Crippen LogP) is 5.75. The lowest BCUT2D eigenvalue weighted by atomic mass is 9.94. The lowest BCUT2D eigenvalue weighted by Crippen LogP contribution is -1.99. The van der Waals surface area contributed by atoms with Crippen LogP contribution in [-0.4, -0.2) is 0 Å². The van der Waals surface area contributed by atoms with Gasteiger partial charge in [-0.25, -0.2) is 8.78 Å². The highest BCUT2D eigenvalue weighted by Gasteiger charge is 2.17. The van der Waals surface area contributed by atoms with Crippen LogP contribution in [0.25, 0.3) is 10.8 Å². The third-order valence-electron chi connectivity index (χ3n) is 3.62. The van der Waals surface area contributed by atoms with E-state index < -0.39 is 17.0 Å². The standard InChI is InChI=1S/C18H13ClF2/c1-11-6-7-12-4-2-3-5-16(12)17(11)18(19)13-8-14(20)10-15(21)9-13/h2-10,18H,1H3. The summed E-state index contributed by atoms with van der Waals surface area (Å²) in [5.74, 6) is -1.23. The van der Waals surface area contributed by atoms with E-state index in [9.17, 15) is 8.78 Å². The largest absolute Gasteiger partial charge is 0.207 e. The first kappa shape index (κ1) is 14.0. The van der Waals surface area contributed by atoms with Crippen molar-refractivity contribution in [3.8, 4) is 0 Å². The molecule has 3 heteroatoms. The Morgan fingerprint density at radius 1 is 0.905 bits per heavy atom. The minimum absolute atomic E-state index is 0.425. The van der Waals surface area contributed by atoms with Crippen molar-refractivity contribution in [2.24, 2.45) is 0 Å². The second-order valence-electron chi connectivity index (χ2n) is 5.08. The van der Waals surface area contributed by atoms with Crippen molar-refractivity contribution in [2.75, 3.05) is 0 Å². The van der Waals surface area contributed by atoms with Crippen molar-refractivity contribution in [3.05, 3.63) is 82.9 Å². The van der Waals surface area contributed by atoms with Crippen molar-refractivity contribution in [1.82, 2.24) is 0 Å². The smallest absolute Gasteiger partial charge is 0.126 e. The number of fused-ring (bicyclic) bond motifs is 1. The summed E-state index contributed by atoms with van der Waals surface area (Å²) in [4.78, 5) is 0. The van der Waals surface area contributed by atoms with Gasteiger partial charge in [-0.3, -0.25) is 0 Å². The molecule has 0 fully saturated rings. The molecule has 0 saturated heterocycles. The van der Waals surface area contributed by atoms with Crippen molar-refractivity contribution >= 4 is 22.4 Å². The normalized spacial score (nSPS) is 12.6. The highest BCUT2D eigenvalue weighted by molar-refractivity contribution is 6.23. The molecule has 1 unspecified atom stereocenters. The van der Waals surface area contributed by atoms with Gasteiger partial charge < -0.3 is 0 Å². The van der Waals surface area contributed by atoms with Crippen LogP contribution < -0.4 is 0 Å². The maximum Gasteiger partial charge on any atom is 0.126 e. The minimum Gasteiger partial charge on any atom is -0.207 e. The molecule has 0 radical (unpaired) electrons. The molecule has 0 spiro atoms. The van der Waals surface area contributed by atoms with Gasteiger partial charge in [0.1, 0.15) is 11.6 Å². The summed E-state index contributed by atoms with van der Waals surface area (Å²) in [5, 5.41) is 1.46. The molecular formula is C18H13ClF2. The van der Waals surface area contributed by atoms with Crippen molar-refractivity contribution in [3.63, 3.8) is 0 Å². The van der Waals surface area contributed by atoms with Crippen LogP contribution in [0.2, 0.25) is 0 Å². The summed E-state index contributed by atoms with van der Waals surface area (Å²) in [7, 11) is 0. The van der Waals surface area contributed by atoms with E-state index in [4.69, 9.17) is 11.6 Å². The Labute approximate surface area is 127 Å². The van der Waals surface area contributed by atoms with Crippen LogP contribution in [0.5, 0.6) is 0 Å². The summed E-state index contributed by atoms with van der Waals surface area (Å²) in [6.07, 6.45) is 0. The summed E-state index contributed by atoms with van der Waals surface area (Å²) < 4.78 is 26.8. The van der Waals surface area contributed by atoms with Crippen LogP contribution in [0, 0.1) is 18.6 Å². The van der Waals surface area contributed by atoms with E-state index in [1.807, 2.05) is 43.3 Å². The van der Waals surface area contributed by atoms with Gasteiger partial charge in [0, 0.05) is 6.07 Å². The Hall–Kier alpha value is -1.93. The third-order valence-corrected chi connectivity index (χ3v) is 4.09. The molecule has 0 nitrogen and oxygen atoms in total. The average Bonchev–Trinajstić information content (AvgIpc) is 2.45. The minimum atomic E-state index is -0.617. The molecule has 0 aliphatic heterocycles. The van der Waals surface area contributed by atoms with Crippen molar-refractivity contribution < 1.29 is 8.78 Å². The fourth-order valence-electron chi connectivity index (χ4n) is 2.63. The summed E-state index contributed by atoms with van der Waals surface area (Å²) in [5.41, 5.74) is 2.31. The van der Waals surface area contributed by atoms with Gasteiger partial charge >= 0.3 is 0 Å². The zero-order valence-electron chi connectivity index (χ0n) is 11.4. The zero-order chi connectivity index (χ0) is 15.0. The van der Waals surface area contributed by atoms with Gasteiger partial charge in [-0.05, 0) is 46.5 Å². The first-order valence-electron chi connectivity index (χ1n) is 6.64. The highest BCUT2D eigenvalue weighted by atomic mass is 35.5. The molecule has 21 heavy (non-hydrogen) atoms. The maximum atomic E-state index is 13.4. The Kier molecular flexibility index (Phi) is 3.64. The fraction of sp³-hybridized carbons (Fsp3) is 0.111. The van der Waals surface area contributed by atoms with Gasteiger partial charge in [-0.1, -0.05) is 36.4 Å². The highest BCUT2D eigenvalue weighted by Crippen LogP contribution is 2.36. The van der Waals surface area contributed by atoms with E-state index in [-0.39, 0.29) is 0 Å². The SMILES string of the molecule is Cc1ccc2ccccc2c1C(Cl)c1cc(F)cc(F)c1. The Bertz CT molecular complexity index is 791. The van der Waals surface area contributed by atoms with Gasteiger partial charge in [0.05, 0.1) is 5.38 Å². The van der Waals surface area contributed by atoms with Crippen LogP contribution in [0.1, 0.15) is 22.1 Å². The second kappa shape index (κ2) is 5.45. The van der Waals surface area contributed by atoms with Crippen LogP contribution >= 0.6 is 11.6 Å². The molecule has 0 bridgehead atoms. The first-order valence-corrected chi connectivity index (χ1v) is 7.08. The monoisotopic (exact) mass is 302 g/mol. The van der Waals surface area contributed by atoms with Crippen LogP contribution in [0.15, 0.2) is 54.6 Å². The van der Waals surface area contributed by atoms with Gasteiger partial charge in [0.25, 0.3) is 0 Å². The number of rotatable bonds is 2. The summed E-state index contributed by atoms with van der Waals surface area (Å²) >= 11 is 6.53. The summed E-state index contributed by atoms with van der Waals surface area (Å²) in [6.45, 7) is 1.95. The predicted molar refractivity (Wildman–Crippen MR) is 82.7 cm³/mol. The average molecular weight is 303 g/mol. The number of benzene rings is 3. The van der Waals surface area contributed by atoms with E-state index in [0.717, 1.165) is 28.0 Å². The molecule has 0 heterocycles. The number of hydrogen-bond donors (Lipinski definition) is 0. The molecule has 0 N–H and O–H groups in total. The molecule has 0 aromatic heterocycles. The topological polar surface area (TPSA) is 0 Å². The lowest BCUT2D eigenvalue weighted by molar-refractivity contribution is 0.580. The number of alkyl halides is 1. The lowest BCUT2D eigenvalue weighted by Gasteiger charge is -2.16. The second-order valence-corrected chi connectivity index (χ2v) is 5.52. The molecule has 3 aromatic carbocycles. The van der Waals surface area contributed by atoms with Crippen molar-refractivity contribution in [1.29, 1.82) is 0 Å². The quantitative estimate of drug-likeness (QED) is 0.528. The Morgan fingerprint density at radius 2 is 1.57 bits per heavy atom. The molecule has 106 valence electrons. The Morgan fingerprint density at radius 3 is 2.29 bits per heavy atom. The van der Waals surface area contributed by atoms with Gasteiger partial charge in [0.2, 0.25) is 0 Å². The summed E-state index contributed by atoms with van der Waals surface area (Å²) in [6, 6.07) is 15.3. The maximum absolute atomic E-state index is 13.4. The van der Waals surface area contributed by atoms with Gasteiger partial charge in [0.15, 0.2) is 0 Å². The van der Waals surface area contributed by atoms with Crippen LogP contribution in [0.4, 0.5) is 8.78 Å². The number of aryl methyl sites for hydroxylation is 1. The van der Waals surface area contributed by atoms with Gasteiger partial charge in [-0.15, -0.1) is 11.6 Å². The molecule has 0 aliphatic rings. The molecule has 0 amide bonds. The first-order chi connectivity index (χ1) is 10.1.